The fraction of sp³-hybridized carbons (Fsp3) is 0.444. The number of fused-ring (bicyclic) bond motifs is 1. The van der Waals surface area contributed by atoms with E-state index in [1.165, 1.54) is 0 Å². The van der Waals surface area contributed by atoms with Crippen molar-refractivity contribution in [1.29, 1.82) is 5.26 Å². The van der Waals surface area contributed by atoms with Crippen molar-refractivity contribution in [2.75, 3.05) is 46.1 Å². The third-order valence-corrected chi connectivity index (χ3v) is 3.84. The molecule has 0 radical (unpaired) electrons. The minimum atomic E-state index is -0.931. The highest BCUT2D eigenvalue weighted by Crippen LogP contribution is 2.26. The molecule has 0 fully saturated rings. The van der Waals surface area contributed by atoms with E-state index < -0.39 is 11.2 Å². The topological polar surface area (TPSA) is 172 Å². The number of benzene rings is 1. The van der Waals surface area contributed by atoms with Crippen molar-refractivity contribution >= 4 is 16.8 Å². The van der Waals surface area contributed by atoms with E-state index in [1.807, 2.05) is 12.1 Å². The molecule has 0 aliphatic carbocycles. The summed E-state index contributed by atoms with van der Waals surface area (Å²) < 4.78 is 10.6. The smallest absolute Gasteiger partial charge is 0.294 e. The number of aliphatic hydroxyl groups is 1. The van der Waals surface area contributed by atoms with E-state index >= 15 is 0 Å². The first kappa shape index (κ1) is 22.9. The van der Waals surface area contributed by atoms with Crippen LogP contribution in [0.5, 0.6) is 5.75 Å². The number of hydrogen-bond acceptors (Lipinski definition) is 9. The molecule has 1 amide bonds. The zero-order valence-electron chi connectivity index (χ0n) is 16.1. The Kier molecular flexibility index (Phi) is 9.32. The van der Waals surface area contributed by atoms with E-state index in [9.17, 15) is 20.0 Å². The van der Waals surface area contributed by atoms with Gasteiger partial charge in [-0.05, 0) is 18.2 Å². The number of aromatic amines is 1. The molecule has 1 heterocycles. The second-order valence-corrected chi connectivity index (χ2v) is 6.14. The Morgan fingerprint density at radius 2 is 2.20 bits per heavy atom. The Bertz CT molecular complexity index is 879. The lowest BCUT2D eigenvalue weighted by Gasteiger charge is -2.14. The predicted molar refractivity (Wildman–Crippen MR) is 104 cm³/mol. The van der Waals surface area contributed by atoms with Gasteiger partial charge in [-0.15, -0.1) is 10.1 Å². The maximum atomic E-state index is 11.5. The SMILES string of the molecule is N#Cc1cc2c(OCC(O)CNCCNC(=O)COCCO[N+](=O)[O-])cccc2[nH]1. The van der Waals surface area contributed by atoms with Gasteiger partial charge in [0, 0.05) is 25.0 Å². The van der Waals surface area contributed by atoms with Crippen LogP contribution in [0.4, 0.5) is 0 Å². The van der Waals surface area contributed by atoms with E-state index in [2.05, 4.69) is 20.5 Å². The van der Waals surface area contributed by atoms with Gasteiger partial charge in [0.15, 0.2) is 0 Å². The van der Waals surface area contributed by atoms with E-state index in [0.717, 1.165) is 10.9 Å². The molecule has 12 nitrogen and oxygen atoms in total. The Morgan fingerprint density at radius 3 is 2.97 bits per heavy atom. The number of aromatic nitrogens is 1. The lowest BCUT2D eigenvalue weighted by atomic mass is 10.2. The summed E-state index contributed by atoms with van der Waals surface area (Å²) in [6.07, 6.45) is -0.768. The molecule has 0 spiro atoms. The van der Waals surface area contributed by atoms with Gasteiger partial charge < -0.3 is 35.0 Å². The molecular weight excluding hydrogens is 398 g/mol. The van der Waals surface area contributed by atoms with Crippen LogP contribution in [0, 0.1) is 21.4 Å². The first-order chi connectivity index (χ1) is 14.5. The number of nitrogens with one attached hydrogen (secondary N) is 3. The number of ether oxygens (including phenoxy) is 2. The average Bonchev–Trinajstić information content (AvgIpc) is 3.15. The zero-order valence-corrected chi connectivity index (χ0v) is 16.1. The van der Waals surface area contributed by atoms with Crippen LogP contribution in [-0.2, 0) is 14.4 Å². The molecule has 2 aromatic rings. The van der Waals surface area contributed by atoms with Crippen LogP contribution in [0.2, 0.25) is 0 Å². The Morgan fingerprint density at radius 1 is 1.37 bits per heavy atom. The normalized spacial score (nSPS) is 11.6. The maximum absolute atomic E-state index is 11.5. The van der Waals surface area contributed by atoms with Crippen LogP contribution in [0.1, 0.15) is 5.69 Å². The Labute approximate surface area is 171 Å². The highest BCUT2D eigenvalue weighted by molar-refractivity contribution is 5.87. The molecule has 0 aliphatic heterocycles. The van der Waals surface area contributed by atoms with Crippen molar-refractivity contribution in [2.24, 2.45) is 0 Å². The van der Waals surface area contributed by atoms with Crippen LogP contribution in [0.15, 0.2) is 24.3 Å². The van der Waals surface area contributed by atoms with Gasteiger partial charge in [-0.3, -0.25) is 4.79 Å². The molecule has 1 unspecified atom stereocenters. The van der Waals surface area contributed by atoms with Crippen molar-refractivity contribution in [3.8, 4) is 11.8 Å². The first-order valence-electron chi connectivity index (χ1n) is 9.14. The molecule has 0 bridgehead atoms. The van der Waals surface area contributed by atoms with Crippen LogP contribution >= 0.6 is 0 Å². The summed E-state index contributed by atoms with van der Waals surface area (Å²) in [5, 5.41) is 34.4. The molecular formula is C18H23N5O7. The number of amides is 1. The zero-order chi connectivity index (χ0) is 21.8. The minimum Gasteiger partial charge on any atom is -0.490 e. The number of aliphatic hydroxyl groups excluding tert-OH is 1. The predicted octanol–water partition coefficient (Wildman–Crippen LogP) is -0.290. The molecule has 2 rings (SSSR count). The number of rotatable bonds is 14. The number of nitriles is 1. The summed E-state index contributed by atoms with van der Waals surface area (Å²) in [4.78, 5) is 28.4. The summed E-state index contributed by atoms with van der Waals surface area (Å²) in [5.74, 6) is 0.207. The van der Waals surface area contributed by atoms with Gasteiger partial charge in [0.05, 0.1) is 12.1 Å². The van der Waals surface area contributed by atoms with Gasteiger partial charge in [-0.25, -0.2) is 0 Å². The highest BCUT2D eigenvalue weighted by atomic mass is 17.0. The molecule has 1 aromatic heterocycles. The number of nitrogens with zero attached hydrogens (tertiary/aromatic N) is 2. The summed E-state index contributed by atoms with van der Waals surface area (Å²) in [6.45, 7) is 0.540. The molecule has 12 heteroatoms. The van der Waals surface area contributed by atoms with Gasteiger partial charge in [-0.1, -0.05) is 6.07 Å². The van der Waals surface area contributed by atoms with Crippen LogP contribution in [0.25, 0.3) is 10.9 Å². The molecule has 1 aromatic carbocycles. The Balaban J connectivity index is 1.56. The van der Waals surface area contributed by atoms with E-state index in [4.69, 9.17) is 14.7 Å². The number of H-pyrrole nitrogens is 1. The van der Waals surface area contributed by atoms with E-state index in [1.54, 1.807) is 18.2 Å². The fourth-order valence-corrected chi connectivity index (χ4v) is 2.50. The third-order valence-electron chi connectivity index (χ3n) is 3.84. The summed E-state index contributed by atoms with van der Waals surface area (Å²) in [6, 6.07) is 9.12. The number of carbonyl (C=O) groups excluding carboxylic acids is 1. The van der Waals surface area contributed by atoms with Crippen LogP contribution < -0.4 is 15.4 Å². The van der Waals surface area contributed by atoms with Crippen LogP contribution in [-0.4, -0.2) is 73.3 Å². The second-order valence-electron chi connectivity index (χ2n) is 6.14. The third kappa shape index (κ3) is 7.92. The molecule has 30 heavy (non-hydrogen) atoms. The monoisotopic (exact) mass is 421 g/mol. The molecule has 162 valence electrons. The van der Waals surface area contributed by atoms with E-state index in [0.29, 0.717) is 24.5 Å². The maximum Gasteiger partial charge on any atom is 0.294 e. The summed E-state index contributed by atoms with van der Waals surface area (Å²) in [5.41, 5.74) is 1.21. The number of carbonyl (C=O) groups is 1. The quantitative estimate of drug-likeness (QED) is 0.182. The van der Waals surface area contributed by atoms with Gasteiger partial charge in [0.25, 0.3) is 5.09 Å². The largest absolute Gasteiger partial charge is 0.490 e. The molecule has 0 aliphatic rings. The fourth-order valence-electron chi connectivity index (χ4n) is 2.50. The summed E-state index contributed by atoms with van der Waals surface area (Å²) >= 11 is 0. The lowest BCUT2D eigenvalue weighted by molar-refractivity contribution is -0.758. The van der Waals surface area contributed by atoms with Crippen molar-refractivity contribution in [3.63, 3.8) is 0 Å². The molecule has 0 saturated heterocycles. The van der Waals surface area contributed by atoms with Crippen LogP contribution in [0.3, 0.4) is 0 Å². The standard InChI is InChI=1S/C18H23N5O7/c19-9-13-8-15-16(22-13)2-1-3-17(15)29-11-14(24)10-20-4-5-21-18(25)12-28-6-7-30-23(26)27/h1-3,8,14,20,22,24H,4-7,10-12H2,(H,21,25). The molecule has 4 N–H and O–H groups in total. The van der Waals surface area contributed by atoms with Gasteiger partial charge >= 0.3 is 0 Å². The van der Waals surface area contributed by atoms with Crippen molar-refractivity contribution < 1.29 is 29.3 Å². The first-order valence-corrected chi connectivity index (χ1v) is 9.14. The minimum absolute atomic E-state index is 0.0611. The Hall–Kier alpha value is -3.40. The summed E-state index contributed by atoms with van der Waals surface area (Å²) in [7, 11) is 0. The van der Waals surface area contributed by atoms with Crippen molar-refractivity contribution in [2.45, 2.75) is 6.10 Å². The van der Waals surface area contributed by atoms with Gasteiger partial charge in [0.1, 0.15) is 43.4 Å². The molecule has 1 atom stereocenters. The van der Waals surface area contributed by atoms with E-state index in [-0.39, 0.29) is 38.9 Å². The lowest BCUT2D eigenvalue weighted by Crippen LogP contribution is -2.38. The van der Waals surface area contributed by atoms with Gasteiger partial charge in [0.2, 0.25) is 5.91 Å². The highest BCUT2D eigenvalue weighted by Gasteiger charge is 2.09. The number of hydrogen-bond donors (Lipinski definition) is 4. The van der Waals surface area contributed by atoms with Crippen molar-refractivity contribution in [3.05, 3.63) is 40.1 Å². The van der Waals surface area contributed by atoms with Gasteiger partial charge in [-0.2, -0.15) is 5.26 Å². The van der Waals surface area contributed by atoms with Crippen molar-refractivity contribution in [1.82, 2.24) is 15.6 Å². The second kappa shape index (κ2) is 12.2. The average molecular weight is 421 g/mol. The molecule has 0 saturated carbocycles.